The molecule has 6 rings (SSSR count). The molecular weight excluding hydrogens is 803 g/mol. The van der Waals surface area contributed by atoms with E-state index in [1.165, 1.54) is 17.7 Å². The third-order valence-corrected chi connectivity index (χ3v) is 9.26. The SMILES string of the molecule is CC1=C(C)N(c2c(C)cc(C)cc2C)[CH-]N1c1[c-]c(N2[CH-]N(c3c(C)cc(C)cc3C)c3cc(C)c(C)cc32)cc(C(F)(F)F)c1.[C-]#N.[Pt+4]. The molecule has 0 fully saturated rings. The van der Waals surface area contributed by atoms with Gasteiger partial charge in [-0.25, -0.2) is 0 Å². The third-order valence-electron chi connectivity index (χ3n) is 9.26. The van der Waals surface area contributed by atoms with Crippen molar-refractivity contribution in [2.24, 2.45) is 0 Å². The average molecular weight is 843 g/mol. The van der Waals surface area contributed by atoms with Gasteiger partial charge >= 0.3 is 27.2 Å². The Bertz CT molecular complexity index is 1930. The quantitative estimate of drug-likeness (QED) is 0.191. The largest absolute Gasteiger partial charge is 4.00 e. The molecule has 0 unspecified atom stereocenters. The number of hydrogen-bond acceptors (Lipinski definition) is 5. The topological polar surface area (TPSA) is 36.8 Å². The fraction of sp³-hybridized carbons (Fsp3) is 0.275. The Labute approximate surface area is 303 Å². The normalized spacial score (nSPS) is 14.2. The van der Waals surface area contributed by atoms with Gasteiger partial charge < -0.3 is 31.4 Å². The molecule has 49 heavy (non-hydrogen) atoms. The number of alkyl halides is 3. The number of rotatable bonds is 4. The zero-order valence-electron chi connectivity index (χ0n) is 29.5. The second-order valence-electron chi connectivity index (χ2n) is 12.9. The Morgan fingerprint density at radius 1 is 0.531 bits per heavy atom. The Morgan fingerprint density at radius 2 is 0.898 bits per heavy atom. The van der Waals surface area contributed by atoms with Crippen molar-refractivity contribution < 1.29 is 34.2 Å². The molecule has 0 amide bonds. The van der Waals surface area contributed by atoms with E-state index in [9.17, 15) is 13.2 Å². The minimum Gasteiger partial charge on any atom is -0.512 e. The van der Waals surface area contributed by atoms with Crippen LogP contribution in [0.2, 0.25) is 0 Å². The number of halogens is 3. The number of allylic oxidation sites excluding steroid dienone is 2. The number of benzene rings is 4. The summed E-state index contributed by atoms with van der Waals surface area (Å²) in [5.41, 5.74) is 14.4. The van der Waals surface area contributed by atoms with Crippen molar-refractivity contribution >= 4 is 34.1 Å². The van der Waals surface area contributed by atoms with Crippen LogP contribution >= 0.6 is 0 Å². The van der Waals surface area contributed by atoms with Crippen molar-refractivity contribution in [2.45, 2.75) is 75.4 Å². The van der Waals surface area contributed by atoms with E-state index in [0.717, 1.165) is 73.1 Å². The average Bonchev–Trinajstić information content (AvgIpc) is 3.49. The van der Waals surface area contributed by atoms with Crippen LogP contribution in [0.15, 0.2) is 59.9 Å². The van der Waals surface area contributed by atoms with Crippen LogP contribution in [-0.2, 0) is 27.2 Å². The summed E-state index contributed by atoms with van der Waals surface area (Å²) >= 11 is 0. The van der Waals surface area contributed by atoms with Crippen LogP contribution in [0.3, 0.4) is 0 Å². The molecule has 4 aromatic rings. The van der Waals surface area contributed by atoms with Gasteiger partial charge in [0.15, 0.2) is 0 Å². The minimum atomic E-state index is -4.55. The summed E-state index contributed by atoms with van der Waals surface area (Å²) < 4.78 is 43.7. The first-order chi connectivity index (χ1) is 22.5. The number of aryl methyl sites for hydroxylation is 8. The first kappa shape index (κ1) is 37.6. The summed E-state index contributed by atoms with van der Waals surface area (Å²) in [5.74, 6) is 0. The Kier molecular flexibility index (Phi) is 10.7. The number of fused-ring (bicyclic) bond motifs is 1. The maximum atomic E-state index is 14.6. The molecule has 0 aromatic heterocycles. The Hall–Kier alpha value is -4.21. The fourth-order valence-electron chi connectivity index (χ4n) is 6.95. The van der Waals surface area contributed by atoms with Crippen molar-refractivity contribution in [3.8, 4) is 0 Å². The maximum absolute atomic E-state index is 14.6. The van der Waals surface area contributed by atoms with Gasteiger partial charge in [-0.15, -0.1) is 42.9 Å². The molecule has 256 valence electrons. The predicted octanol–water partition coefficient (Wildman–Crippen LogP) is 11.2. The number of anilines is 6. The summed E-state index contributed by atoms with van der Waals surface area (Å²) in [4.78, 5) is 7.83. The van der Waals surface area contributed by atoms with E-state index in [1.54, 1.807) is 0 Å². The zero-order valence-corrected chi connectivity index (χ0v) is 31.7. The van der Waals surface area contributed by atoms with Gasteiger partial charge in [0.2, 0.25) is 0 Å². The molecule has 9 heteroatoms. The monoisotopic (exact) mass is 842 g/mol. The van der Waals surface area contributed by atoms with Gasteiger partial charge in [0, 0.05) is 34.1 Å². The smallest absolute Gasteiger partial charge is 0.512 e. The third kappa shape index (κ3) is 6.83. The molecule has 4 aromatic carbocycles. The van der Waals surface area contributed by atoms with Gasteiger partial charge in [-0.1, -0.05) is 41.0 Å². The molecule has 5 nitrogen and oxygen atoms in total. The molecule has 0 saturated carbocycles. The van der Waals surface area contributed by atoms with E-state index < -0.39 is 11.7 Å². The Balaban J connectivity index is 0.00000177. The second kappa shape index (κ2) is 14.0. The van der Waals surface area contributed by atoms with Crippen LogP contribution < -0.4 is 19.6 Å². The van der Waals surface area contributed by atoms with Crippen LogP contribution in [0.5, 0.6) is 0 Å². The van der Waals surface area contributed by atoms with Gasteiger partial charge in [-0.2, -0.15) is 13.2 Å². The van der Waals surface area contributed by atoms with Gasteiger partial charge in [0.1, 0.15) is 0 Å². The molecule has 0 radical (unpaired) electrons. The summed E-state index contributed by atoms with van der Waals surface area (Å²) in [6.07, 6.45) is -4.55. The first-order valence-corrected chi connectivity index (χ1v) is 15.7. The molecule has 0 aliphatic carbocycles. The summed E-state index contributed by atoms with van der Waals surface area (Å²) in [5, 5.41) is 6.25. The summed E-state index contributed by atoms with van der Waals surface area (Å²) in [6, 6.07) is 18.5. The van der Waals surface area contributed by atoms with Crippen molar-refractivity contribution in [3.05, 3.63) is 136 Å². The van der Waals surface area contributed by atoms with E-state index in [1.807, 2.05) is 43.9 Å². The van der Waals surface area contributed by atoms with Crippen LogP contribution in [0.4, 0.5) is 47.3 Å². The fourth-order valence-corrected chi connectivity index (χ4v) is 6.95. The number of hydrogen-bond donors (Lipinski definition) is 0. The molecule has 2 aliphatic rings. The Morgan fingerprint density at radius 3 is 1.35 bits per heavy atom. The first-order valence-electron chi connectivity index (χ1n) is 15.7. The second-order valence-corrected chi connectivity index (χ2v) is 12.9. The zero-order chi connectivity index (χ0) is 35.4. The summed E-state index contributed by atoms with van der Waals surface area (Å²) in [7, 11) is 0. The molecule has 0 saturated heterocycles. The van der Waals surface area contributed by atoms with Crippen molar-refractivity contribution in [2.75, 3.05) is 19.6 Å². The van der Waals surface area contributed by atoms with Gasteiger partial charge in [0.25, 0.3) is 0 Å². The van der Waals surface area contributed by atoms with Crippen LogP contribution in [0.25, 0.3) is 0 Å². The maximum Gasteiger partial charge on any atom is 4.00 e. The van der Waals surface area contributed by atoms with Crippen molar-refractivity contribution in [3.63, 3.8) is 0 Å². The van der Waals surface area contributed by atoms with Crippen molar-refractivity contribution in [1.29, 1.82) is 5.26 Å². The van der Waals surface area contributed by atoms with E-state index >= 15 is 0 Å². The molecule has 0 spiro atoms. The molecular formula is C40H40F3N5Pt. The van der Waals surface area contributed by atoms with E-state index in [2.05, 4.69) is 101 Å². The van der Waals surface area contributed by atoms with Crippen LogP contribution in [-0.4, -0.2) is 0 Å². The minimum absolute atomic E-state index is 0. The van der Waals surface area contributed by atoms with Crippen LogP contribution in [0, 0.1) is 86.6 Å². The molecule has 0 atom stereocenters. The number of nitrogens with zero attached hydrogens (tertiary/aromatic N) is 5. The van der Waals surface area contributed by atoms with Gasteiger partial charge in [-0.3, -0.25) is 0 Å². The standard InChI is InChI=1S/C39H40F3N4.CN.Pt/c1-22-11-26(5)37(27(6)12-22)44-20-43(30(9)31(44)10)33-17-32(39(40,41)42)18-34(19-33)45-21-46(36-16-25(4)24(3)15-35(36)45)38-28(7)13-23(2)14-29(38)8;1-2;/h11-18,20-21H,1-10H3;;/q-3;-1;+4. The van der Waals surface area contributed by atoms with Crippen LogP contribution in [0.1, 0.15) is 63.9 Å². The van der Waals surface area contributed by atoms with E-state index in [-0.39, 0.29) is 21.1 Å². The molecule has 2 heterocycles. The predicted molar refractivity (Wildman–Crippen MR) is 189 cm³/mol. The van der Waals surface area contributed by atoms with Gasteiger partial charge in [0.05, 0.1) is 0 Å². The van der Waals surface area contributed by atoms with Crippen molar-refractivity contribution in [1.82, 2.24) is 0 Å². The van der Waals surface area contributed by atoms with E-state index in [4.69, 9.17) is 11.8 Å². The van der Waals surface area contributed by atoms with E-state index in [0.29, 0.717) is 11.4 Å². The van der Waals surface area contributed by atoms with Gasteiger partial charge in [-0.05, 0) is 115 Å². The molecule has 0 N–H and O–H groups in total. The molecule has 2 aliphatic heterocycles. The molecule has 0 bridgehead atoms. The summed E-state index contributed by atoms with van der Waals surface area (Å²) in [6.45, 7) is 29.0.